The number of carbonyl (C=O) groups is 1. The summed E-state index contributed by atoms with van der Waals surface area (Å²) in [6.07, 6.45) is 3.49. The first kappa shape index (κ1) is 14.2. The Morgan fingerprint density at radius 1 is 1.32 bits per heavy atom. The Bertz CT molecular complexity index is 840. The predicted molar refractivity (Wildman–Crippen MR) is 79.2 cm³/mol. The van der Waals surface area contributed by atoms with Gasteiger partial charge in [-0.2, -0.15) is 0 Å². The van der Waals surface area contributed by atoms with Gasteiger partial charge in [0.1, 0.15) is 11.5 Å². The van der Waals surface area contributed by atoms with Crippen LogP contribution in [0.4, 0.5) is 4.39 Å². The van der Waals surface area contributed by atoms with Crippen molar-refractivity contribution in [1.82, 2.24) is 15.0 Å². The van der Waals surface area contributed by atoms with E-state index in [0.29, 0.717) is 12.1 Å². The maximum absolute atomic E-state index is 12.9. The molecule has 0 radical (unpaired) electrons. The first-order chi connectivity index (χ1) is 10.6. The van der Waals surface area contributed by atoms with E-state index >= 15 is 0 Å². The highest BCUT2D eigenvalue weighted by Crippen LogP contribution is 2.22. The molecule has 0 aliphatic heterocycles. The van der Waals surface area contributed by atoms with Gasteiger partial charge in [0.2, 0.25) is 0 Å². The molecule has 0 saturated carbocycles. The number of halogens is 1. The van der Waals surface area contributed by atoms with Gasteiger partial charge in [0, 0.05) is 18.1 Å². The van der Waals surface area contributed by atoms with Crippen LogP contribution >= 0.6 is 0 Å². The number of hydroxylamine groups is 1. The number of fused-ring (bicyclic) bond motifs is 1. The first-order valence-electron chi connectivity index (χ1n) is 6.73. The lowest BCUT2D eigenvalue weighted by Gasteiger charge is -2.08. The van der Waals surface area contributed by atoms with E-state index in [1.54, 1.807) is 30.7 Å². The van der Waals surface area contributed by atoms with Crippen molar-refractivity contribution < 1.29 is 14.4 Å². The maximum atomic E-state index is 12.9. The van der Waals surface area contributed by atoms with E-state index in [4.69, 9.17) is 5.21 Å². The Kier molecular flexibility index (Phi) is 3.60. The quantitative estimate of drug-likeness (QED) is 0.577. The van der Waals surface area contributed by atoms with Crippen molar-refractivity contribution in [3.63, 3.8) is 0 Å². The third-order valence-corrected chi connectivity index (χ3v) is 3.66. The van der Waals surface area contributed by atoms with E-state index < -0.39 is 5.91 Å². The molecule has 5 nitrogen and oxygen atoms in total. The average molecular weight is 299 g/mol. The van der Waals surface area contributed by atoms with Crippen LogP contribution in [0, 0.1) is 12.7 Å². The molecule has 0 bridgehead atoms. The van der Waals surface area contributed by atoms with Crippen molar-refractivity contribution >= 4 is 16.8 Å². The first-order valence-corrected chi connectivity index (χ1v) is 6.73. The lowest BCUT2D eigenvalue weighted by molar-refractivity contribution is 0.0700. The maximum Gasteiger partial charge on any atom is 0.293 e. The summed E-state index contributed by atoms with van der Waals surface area (Å²) < 4.78 is 14.9. The number of carbonyl (C=O) groups excluding carboxylic acids is 1. The van der Waals surface area contributed by atoms with Crippen molar-refractivity contribution in [1.29, 1.82) is 0 Å². The molecular weight excluding hydrogens is 285 g/mol. The van der Waals surface area contributed by atoms with Crippen molar-refractivity contribution in [3.8, 4) is 0 Å². The van der Waals surface area contributed by atoms with Crippen molar-refractivity contribution in [2.45, 2.75) is 13.5 Å². The second kappa shape index (κ2) is 5.57. The highest BCUT2D eigenvalue weighted by molar-refractivity contribution is 5.98. The molecule has 0 saturated heterocycles. The summed E-state index contributed by atoms with van der Waals surface area (Å²) in [6, 6.07) is 8.20. The topological polar surface area (TPSA) is 67.2 Å². The zero-order chi connectivity index (χ0) is 15.7. The van der Waals surface area contributed by atoms with Crippen molar-refractivity contribution in [3.05, 3.63) is 65.4 Å². The van der Waals surface area contributed by atoms with Gasteiger partial charge in [-0.1, -0.05) is 12.1 Å². The number of amides is 1. The van der Waals surface area contributed by atoms with Crippen LogP contribution in [0.5, 0.6) is 0 Å². The molecule has 6 heteroatoms. The van der Waals surface area contributed by atoms with Gasteiger partial charge in [0.25, 0.3) is 5.91 Å². The van der Waals surface area contributed by atoms with Crippen molar-refractivity contribution in [2.75, 3.05) is 0 Å². The molecule has 3 rings (SSSR count). The standard InChI is InChI=1S/C16H14FN3O2/c1-10-13-6-7-20(9-11-2-4-12(17)5-3-11)14(13)8-18-15(10)16(21)19-22/h2-8,22H,9H2,1H3,(H,19,21). The fourth-order valence-electron chi connectivity index (χ4n) is 2.50. The fraction of sp³-hybridized carbons (Fsp3) is 0.125. The van der Waals surface area contributed by atoms with Crippen LogP contribution < -0.4 is 5.48 Å². The number of hydrogen-bond acceptors (Lipinski definition) is 3. The molecule has 1 aromatic carbocycles. The molecule has 0 fully saturated rings. The average Bonchev–Trinajstić information content (AvgIpc) is 2.93. The molecule has 1 amide bonds. The Balaban J connectivity index is 2.00. The van der Waals surface area contributed by atoms with Gasteiger partial charge in [-0.25, -0.2) is 14.9 Å². The second-order valence-corrected chi connectivity index (χ2v) is 5.04. The minimum atomic E-state index is -0.634. The van der Waals surface area contributed by atoms with Crippen LogP contribution in [0.25, 0.3) is 10.9 Å². The van der Waals surface area contributed by atoms with E-state index in [2.05, 4.69) is 4.98 Å². The number of nitrogens with one attached hydrogen (secondary N) is 1. The summed E-state index contributed by atoms with van der Waals surface area (Å²) in [7, 11) is 0. The van der Waals surface area contributed by atoms with Gasteiger partial charge in [-0.15, -0.1) is 0 Å². The monoisotopic (exact) mass is 299 g/mol. The molecule has 2 aromatic heterocycles. The lowest BCUT2D eigenvalue weighted by atomic mass is 10.1. The van der Waals surface area contributed by atoms with Crippen molar-refractivity contribution in [2.24, 2.45) is 0 Å². The molecule has 22 heavy (non-hydrogen) atoms. The summed E-state index contributed by atoms with van der Waals surface area (Å²) in [5.74, 6) is -0.899. The highest BCUT2D eigenvalue weighted by atomic mass is 19.1. The second-order valence-electron chi connectivity index (χ2n) is 5.04. The van der Waals surface area contributed by atoms with E-state index in [0.717, 1.165) is 16.5 Å². The molecule has 112 valence electrons. The van der Waals surface area contributed by atoms with Gasteiger partial charge in [0.05, 0.1) is 11.7 Å². The van der Waals surface area contributed by atoms with Gasteiger partial charge in [-0.3, -0.25) is 10.0 Å². The summed E-state index contributed by atoms with van der Waals surface area (Å²) >= 11 is 0. The molecule has 2 heterocycles. The lowest BCUT2D eigenvalue weighted by Crippen LogP contribution is -2.21. The Hall–Kier alpha value is -2.73. The van der Waals surface area contributed by atoms with Crippen LogP contribution in [0.2, 0.25) is 0 Å². The summed E-state index contributed by atoms with van der Waals surface area (Å²) in [5.41, 5.74) is 4.32. The van der Waals surface area contributed by atoms with Crippen LogP contribution in [-0.2, 0) is 6.54 Å². The van der Waals surface area contributed by atoms with Crippen LogP contribution in [0.15, 0.2) is 42.7 Å². The predicted octanol–water partition coefficient (Wildman–Crippen LogP) is 2.65. The van der Waals surface area contributed by atoms with E-state index in [-0.39, 0.29) is 11.5 Å². The Morgan fingerprint density at radius 2 is 2.05 bits per heavy atom. The van der Waals surface area contributed by atoms with Crippen LogP contribution in [0.1, 0.15) is 21.6 Å². The molecular formula is C16H14FN3O2. The SMILES string of the molecule is Cc1c(C(=O)NO)ncc2c1ccn2Cc1ccc(F)cc1. The molecule has 0 spiro atoms. The number of benzene rings is 1. The molecule has 0 aliphatic rings. The number of nitrogens with zero attached hydrogens (tertiary/aromatic N) is 2. The number of hydrogen-bond donors (Lipinski definition) is 2. The van der Waals surface area contributed by atoms with Gasteiger partial charge in [-0.05, 0) is 36.2 Å². The molecule has 2 N–H and O–H groups in total. The normalized spacial score (nSPS) is 10.9. The molecule has 0 aliphatic carbocycles. The zero-order valence-electron chi connectivity index (χ0n) is 11.9. The highest BCUT2D eigenvalue weighted by Gasteiger charge is 2.14. The summed E-state index contributed by atoms with van der Waals surface area (Å²) in [5, 5.41) is 9.62. The van der Waals surface area contributed by atoms with Crippen LogP contribution in [-0.4, -0.2) is 20.7 Å². The van der Waals surface area contributed by atoms with E-state index in [9.17, 15) is 9.18 Å². The zero-order valence-corrected chi connectivity index (χ0v) is 11.9. The smallest absolute Gasteiger partial charge is 0.293 e. The number of rotatable bonds is 3. The third kappa shape index (κ3) is 2.44. The Morgan fingerprint density at radius 3 is 2.73 bits per heavy atom. The number of aryl methyl sites for hydroxylation is 1. The van der Waals surface area contributed by atoms with Gasteiger partial charge >= 0.3 is 0 Å². The molecule has 0 atom stereocenters. The fourth-order valence-corrected chi connectivity index (χ4v) is 2.50. The Labute approximate surface area is 126 Å². The van der Waals surface area contributed by atoms with Crippen LogP contribution in [0.3, 0.4) is 0 Å². The third-order valence-electron chi connectivity index (χ3n) is 3.66. The number of aromatic nitrogens is 2. The van der Waals surface area contributed by atoms with E-state index in [1.807, 2.05) is 16.8 Å². The minimum absolute atomic E-state index is 0.189. The van der Waals surface area contributed by atoms with Gasteiger partial charge < -0.3 is 4.57 Å². The largest absolute Gasteiger partial charge is 0.342 e. The molecule has 0 unspecified atom stereocenters. The summed E-state index contributed by atoms with van der Waals surface area (Å²) in [6.45, 7) is 2.36. The number of pyridine rings is 1. The van der Waals surface area contributed by atoms with E-state index in [1.165, 1.54) is 12.1 Å². The van der Waals surface area contributed by atoms with Gasteiger partial charge in [0.15, 0.2) is 0 Å². The summed E-state index contributed by atoms with van der Waals surface area (Å²) in [4.78, 5) is 15.7. The minimum Gasteiger partial charge on any atom is -0.342 e. The molecule has 3 aromatic rings.